The van der Waals surface area contributed by atoms with Gasteiger partial charge >= 0.3 is 0 Å². The number of carbonyl (C=O) groups is 1. The van der Waals surface area contributed by atoms with Crippen LogP contribution in [-0.2, 0) is 4.79 Å². The summed E-state index contributed by atoms with van der Waals surface area (Å²) in [5, 5.41) is 11.7. The number of likely N-dealkylation sites (N-methyl/N-ethyl adjacent to an activating group) is 1. The van der Waals surface area contributed by atoms with Crippen molar-refractivity contribution in [2.75, 3.05) is 39.8 Å². The summed E-state index contributed by atoms with van der Waals surface area (Å²) in [4.78, 5) is 15.8. The summed E-state index contributed by atoms with van der Waals surface area (Å²) in [5.41, 5.74) is 0. The van der Waals surface area contributed by atoms with Crippen molar-refractivity contribution in [2.45, 2.75) is 25.8 Å². The average molecular weight is 238 g/mol. The molecular weight excluding hydrogens is 216 g/mol. The van der Waals surface area contributed by atoms with Crippen molar-refractivity contribution in [1.29, 1.82) is 5.26 Å². The van der Waals surface area contributed by atoms with Crippen LogP contribution in [0.4, 0.5) is 0 Å². The van der Waals surface area contributed by atoms with Crippen molar-refractivity contribution in [3.63, 3.8) is 0 Å². The molecule has 17 heavy (non-hydrogen) atoms. The van der Waals surface area contributed by atoms with Crippen LogP contribution < -0.4 is 5.32 Å². The second kappa shape index (κ2) is 7.25. The highest BCUT2D eigenvalue weighted by Gasteiger charge is 2.26. The first kappa shape index (κ1) is 13.9. The zero-order valence-corrected chi connectivity index (χ0v) is 10.8. The third-order valence-electron chi connectivity index (χ3n) is 3.11. The summed E-state index contributed by atoms with van der Waals surface area (Å²) < 4.78 is 0. The highest BCUT2D eigenvalue weighted by atomic mass is 16.2. The molecular formula is C12H22N4O. The van der Waals surface area contributed by atoms with Crippen molar-refractivity contribution in [3.8, 4) is 6.07 Å². The number of nitrogens with zero attached hydrogens (tertiary/aromatic N) is 3. The summed E-state index contributed by atoms with van der Waals surface area (Å²) in [5.74, 6) is 0.112. The van der Waals surface area contributed by atoms with E-state index < -0.39 is 0 Å². The van der Waals surface area contributed by atoms with E-state index in [1.54, 1.807) is 11.9 Å². The molecule has 0 aromatic heterocycles. The zero-order chi connectivity index (χ0) is 12.7. The molecule has 0 saturated carbocycles. The molecule has 1 fully saturated rings. The number of rotatable bonds is 7. The molecule has 0 radical (unpaired) electrons. The fourth-order valence-electron chi connectivity index (χ4n) is 1.85. The maximum Gasteiger partial charge on any atom is 0.236 e. The average Bonchev–Trinajstić information content (AvgIpc) is 2.23. The van der Waals surface area contributed by atoms with Gasteiger partial charge in [0.1, 0.15) is 0 Å². The van der Waals surface area contributed by atoms with Gasteiger partial charge in [-0.05, 0) is 13.0 Å². The van der Waals surface area contributed by atoms with Crippen molar-refractivity contribution in [2.24, 2.45) is 0 Å². The van der Waals surface area contributed by atoms with Crippen LogP contribution >= 0.6 is 0 Å². The first-order valence-corrected chi connectivity index (χ1v) is 6.24. The van der Waals surface area contributed by atoms with Crippen LogP contribution in [0.1, 0.15) is 19.8 Å². The summed E-state index contributed by atoms with van der Waals surface area (Å²) in [6.07, 6.45) is 1.46. The molecule has 1 aliphatic rings. The topological polar surface area (TPSA) is 59.4 Å². The minimum atomic E-state index is 0.112. The molecule has 0 spiro atoms. The fourth-order valence-corrected chi connectivity index (χ4v) is 1.85. The zero-order valence-electron chi connectivity index (χ0n) is 10.8. The molecule has 5 heteroatoms. The highest BCUT2D eigenvalue weighted by molar-refractivity contribution is 5.78. The molecule has 0 aromatic rings. The van der Waals surface area contributed by atoms with E-state index in [1.807, 2.05) is 0 Å². The monoisotopic (exact) mass is 238 g/mol. The molecule has 1 aliphatic heterocycles. The van der Waals surface area contributed by atoms with Gasteiger partial charge in [-0.15, -0.1) is 0 Å². The standard InChI is InChI=1S/C12H22N4O/c1-3-6-16(11-8-14-9-11)10-12(17)15(2)7-4-5-13/h11,14H,3-4,6-10H2,1-2H3. The summed E-state index contributed by atoms with van der Waals surface area (Å²) in [6, 6.07) is 2.56. The van der Waals surface area contributed by atoms with Gasteiger partial charge in [0.15, 0.2) is 0 Å². The Bertz CT molecular complexity index is 283. The minimum absolute atomic E-state index is 0.112. The van der Waals surface area contributed by atoms with Gasteiger partial charge in [-0.25, -0.2) is 0 Å². The van der Waals surface area contributed by atoms with Gasteiger partial charge in [-0.1, -0.05) is 6.92 Å². The molecule has 5 nitrogen and oxygen atoms in total. The van der Waals surface area contributed by atoms with Crippen molar-refractivity contribution < 1.29 is 4.79 Å². The van der Waals surface area contributed by atoms with Gasteiger partial charge in [0, 0.05) is 32.7 Å². The lowest BCUT2D eigenvalue weighted by Crippen LogP contribution is -2.59. The summed E-state index contributed by atoms with van der Waals surface area (Å²) in [6.45, 7) is 6.05. The molecule has 0 aromatic carbocycles. The Morgan fingerprint density at radius 2 is 2.18 bits per heavy atom. The Hall–Kier alpha value is -1.12. The van der Waals surface area contributed by atoms with E-state index in [0.717, 1.165) is 26.1 Å². The van der Waals surface area contributed by atoms with Gasteiger partial charge in [0.05, 0.1) is 19.0 Å². The van der Waals surface area contributed by atoms with E-state index in [4.69, 9.17) is 5.26 Å². The molecule has 1 heterocycles. The third-order valence-corrected chi connectivity index (χ3v) is 3.11. The van der Waals surface area contributed by atoms with Crippen LogP contribution in [0.3, 0.4) is 0 Å². The van der Waals surface area contributed by atoms with E-state index >= 15 is 0 Å². The van der Waals surface area contributed by atoms with E-state index in [2.05, 4.69) is 23.2 Å². The Morgan fingerprint density at radius 3 is 2.65 bits per heavy atom. The largest absolute Gasteiger partial charge is 0.344 e. The van der Waals surface area contributed by atoms with Crippen molar-refractivity contribution in [3.05, 3.63) is 0 Å². The van der Waals surface area contributed by atoms with E-state index in [1.165, 1.54) is 0 Å². The fraction of sp³-hybridized carbons (Fsp3) is 0.833. The molecule has 0 aliphatic carbocycles. The van der Waals surface area contributed by atoms with Gasteiger partial charge in [-0.3, -0.25) is 9.69 Å². The lowest BCUT2D eigenvalue weighted by atomic mass is 10.1. The molecule has 96 valence electrons. The first-order valence-electron chi connectivity index (χ1n) is 6.24. The van der Waals surface area contributed by atoms with Gasteiger partial charge in [0.2, 0.25) is 5.91 Å². The van der Waals surface area contributed by atoms with E-state index in [9.17, 15) is 4.79 Å². The predicted octanol–water partition coefficient (Wildman–Crippen LogP) is 0.0423. The van der Waals surface area contributed by atoms with Crippen LogP contribution in [0.2, 0.25) is 0 Å². The van der Waals surface area contributed by atoms with Gasteiger partial charge in [-0.2, -0.15) is 5.26 Å². The maximum absolute atomic E-state index is 11.9. The predicted molar refractivity (Wildman–Crippen MR) is 66.4 cm³/mol. The number of nitrogens with one attached hydrogen (secondary N) is 1. The first-order chi connectivity index (χ1) is 8.19. The molecule has 1 N–H and O–H groups in total. The Kier molecular flexibility index (Phi) is 5.95. The Balaban J connectivity index is 2.37. The second-order valence-electron chi connectivity index (χ2n) is 4.51. The molecule has 1 saturated heterocycles. The number of hydrogen-bond donors (Lipinski definition) is 1. The summed E-state index contributed by atoms with van der Waals surface area (Å²) >= 11 is 0. The smallest absolute Gasteiger partial charge is 0.236 e. The lowest BCUT2D eigenvalue weighted by Gasteiger charge is -2.38. The van der Waals surface area contributed by atoms with E-state index in [-0.39, 0.29) is 5.91 Å². The Labute approximate surface area is 103 Å². The van der Waals surface area contributed by atoms with Crippen molar-refractivity contribution in [1.82, 2.24) is 15.1 Å². The van der Waals surface area contributed by atoms with E-state index in [0.29, 0.717) is 25.6 Å². The molecule has 1 rings (SSSR count). The Morgan fingerprint density at radius 1 is 1.47 bits per heavy atom. The number of amides is 1. The molecule has 0 bridgehead atoms. The summed E-state index contributed by atoms with van der Waals surface area (Å²) in [7, 11) is 1.77. The number of nitriles is 1. The van der Waals surface area contributed by atoms with Gasteiger partial charge < -0.3 is 10.2 Å². The van der Waals surface area contributed by atoms with Crippen LogP contribution in [0.15, 0.2) is 0 Å². The van der Waals surface area contributed by atoms with Crippen LogP contribution in [0, 0.1) is 11.3 Å². The van der Waals surface area contributed by atoms with Crippen LogP contribution in [-0.4, -0.2) is 61.5 Å². The SMILES string of the molecule is CCCN(CC(=O)N(C)CCC#N)C1CNC1. The van der Waals surface area contributed by atoms with Crippen LogP contribution in [0.25, 0.3) is 0 Å². The lowest BCUT2D eigenvalue weighted by molar-refractivity contribution is -0.131. The van der Waals surface area contributed by atoms with Crippen LogP contribution in [0.5, 0.6) is 0 Å². The third kappa shape index (κ3) is 4.33. The maximum atomic E-state index is 11.9. The number of carbonyl (C=O) groups excluding carboxylic acids is 1. The number of hydrogen-bond acceptors (Lipinski definition) is 4. The molecule has 0 atom stereocenters. The quantitative estimate of drug-likeness (QED) is 0.680. The van der Waals surface area contributed by atoms with Gasteiger partial charge in [0.25, 0.3) is 0 Å². The minimum Gasteiger partial charge on any atom is -0.344 e. The van der Waals surface area contributed by atoms with Crippen molar-refractivity contribution >= 4 is 5.91 Å². The normalized spacial score (nSPS) is 15.4. The molecule has 0 unspecified atom stereocenters. The molecule has 1 amide bonds. The highest BCUT2D eigenvalue weighted by Crippen LogP contribution is 2.06. The second-order valence-corrected chi connectivity index (χ2v) is 4.51.